The van der Waals surface area contributed by atoms with Crippen molar-refractivity contribution in [3.8, 4) is 5.75 Å². The largest absolute Gasteiger partial charge is 0.495 e. The highest BCUT2D eigenvalue weighted by Gasteiger charge is 2.30. The summed E-state index contributed by atoms with van der Waals surface area (Å²) in [7, 11) is -2.16. The van der Waals surface area contributed by atoms with Gasteiger partial charge in [0.2, 0.25) is 10.0 Å². The van der Waals surface area contributed by atoms with Crippen LogP contribution in [0.4, 0.5) is 0 Å². The van der Waals surface area contributed by atoms with Gasteiger partial charge >= 0.3 is 0 Å². The number of benzene rings is 1. The van der Waals surface area contributed by atoms with E-state index in [0.29, 0.717) is 23.8 Å². The third-order valence-corrected chi connectivity index (χ3v) is 6.08. The van der Waals surface area contributed by atoms with Crippen LogP contribution in [0.15, 0.2) is 17.0 Å². The zero-order valence-electron chi connectivity index (χ0n) is 14.0. The maximum atomic E-state index is 12.8. The number of hydrogen-bond acceptors (Lipinski definition) is 4. The van der Waals surface area contributed by atoms with E-state index in [1.165, 1.54) is 7.11 Å². The zero-order chi connectivity index (χ0) is 16.3. The summed E-state index contributed by atoms with van der Waals surface area (Å²) in [5.41, 5.74) is 7.47. The molecule has 0 bridgehead atoms. The summed E-state index contributed by atoms with van der Waals surface area (Å²) in [5, 5.41) is 0. The molecule has 132 valence electrons. The van der Waals surface area contributed by atoms with Crippen molar-refractivity contribution in [3.05, 3.63) is 23.3 Å². The van der Waals surface area contributed by atoms with Crippen LogP contribution in [-0.2, 0) is 10.0 Å². The predicted molar refractivity (Wildman–Crippen MR) is 94.8 cm³/mol. The Balaban J connectivity index is 0.00000264. The second-order valence-electron chi connectivity index (χ2n) is 6.12. The number of hydrogen-bond donors (Lipinski definition) is 2. The fraction of sp³-hybridized carbons (Fsp3) is 0.625. The van der Waals surface area contributed by atoms with Crippen LogP contribution in [0.25, 0.3) is 0 Å². The highest BCUT2D eigenvalue weighted by atomic mass is 35.5. The molecule has 5 nitrogen and oxygen atoms in total. The van der Waals surface area contributed by atoms with Crippen LogP contribution < -0.4 is 15.2 Å². The van der Waals surface area contributed by atoms with Crippen LogP contribution in [-0.4, -0.2) is 28.1 Å². The Morgan fingerprint density at radius 3 is 2.43 bits per heavy atom. The summed E-state index contributed by atoms with van der Waals surface area (Å²) in [4.78, 5) is 0.219. The maximum Gasteiger partial charge on any atom is 0.244 e. The Bertz CT molecular complexity index is 628. The summed E-state index contributed by atoms with van der Waals surface area (Å²) in [6, 6.07) is 3.39. The minimum atomic E-state index is -3.65. The monoisotopic (exact) mass is 362 g/mol. The second-order valence-corrected chi connectivity index (χ2v) is 7.77. The van der Waals surface area contributed by atoms with Crippen LogP contribution >= 0.6 is 12.4 Å². The topological polar surface area (TPSA) is 81.4 Å². The molecule has 23 heavy (non-hydrogen) atoms. The summed E-state index contributed by atoms with van der Waals surface area (Å²) in [6.45, 7) is 4.02. The Hall–Kier alpha value is -0.820. The Morgan fingerprint density at radius 1 is 1.30 bits per heavy atom. The van der Waals surface area contributed by atoms with Crippen molar-refractivity contribution in [2.24, 2.45) is 11.7 Å². The highest BCUT2D eigenvalue weighted by molar-refractivity contribution is 7.89. The lowest BCUT2D eigenvalue weighted by molar-refractivity contribution is 0.393. The lowest BCUT2D eigenvalue weighted by Crippen LogP contribution is -2.44. The van der Waals surface area contributed by atoms with Gasteiger partial charge in [-0.05, 0) is 49.8 Å². The Morgan fingerprint density at radius 2 is 1.91 bits per heavy atom. The molecule has 0 radical (unpaired) electrons. The van der Waals surface area contributed by atoms with Crippen molar-refractivity contribution in [2.45, 2.75) is 50.5 Å². The van der Waals surface area contributed by atoms with Gasteiger partial charge in [-0.3, -0.25) is 0 Å². The molecule has 1 unspecified atom stereocenters. The van der Waals surface area contributed by atoms with E-state index in [2.05, 4.69) is 4.72 Å². The maximum absolute atomic E-state index is 12.8. The normalized spacial score (nSPS) is 16.9. The van der Waals surface area contributed by atoms with Crippen LogP contribution in [0.3, 0.4) is 0 Å². The van der Waals surface area contributed by atoms with E-state index in [9.17, 15) is 8.42 Å². The van der Waals surface area contributed by atoms with Crippen molar-refractivity contribution in [1.29, 1.82) is 0 Å². The van der Waals surface area contributed by atoms with E-state index in [-0.39, 0.29) is 23.3 Å². The van der Waals surface area contributed by atoms with E-state index in [4.69, 9.17) is 10.5 Å². The first-order chi connectivity index (χ1) is 10.4. The van der Waals surface area contributed by atoms with Crippen molar-refractivity contribution < 1.29 is 13.2 Å². The molecule has 1 fully saturated rings. The van der Waals surface area contributed by atoms with Gasteiger partial charge in [0.15, 0.2) is 0 Å². The van der Waals surface area contributed by atoms with Crippen molar-refractivity contribution in [1.82, 2.24) is 4.72 Å². The van der Waals surface area contributed by atoms with Gasteiger partial charge in [-0.25, -0.2) is 13.1 Å². The molecular weight excluding hydrogens is 336 g/mol. The standard InChI is InChI=1S/C16H26N2O3S.ClH/c1-11-8-12(2)16(15(9-11)21-3)22(19,20)18-14(10-17)13-6-4-5-7-13;/h8-9,13-14,18H,4-7,10,17H2,1-3H3;1H. The smallest absolute Gasteiger partial charge is 0.244 e. The molecule has 0 saturated heterocycles. The van der Waals surface area contributed by atoms with Gasteiger partial charge in [-0.1, -0.05) is 18.9 Å². The van der Waals surface area contributed by atoms with Gasteiger partial charge in [-0.2, -0.15) is 0 Å². The number of rotatable bonds is 6. The molecule has 1 aliphatic carbocycles. The summed E-state index contributed by atoms with van der Waals surface area (Å²) < 4.78 is 33.7. The van der Waals surface area contributed by atoms with Gasteiger partial charge < -0.3 is 10.5 Å². The summed E-state index contributed by atoms with van der Waals surface area (Å²) in [5.74, 6) is 0.712. The average molecular weight is 363 g/mol. The number of halogens is 1. The molecule has 2 rings (SSSR count). The third-order valence-electron chi connectivity index (χ3n) is 4.40. The molecular formula is C16H27ClN2O3S. The van der Waals surface area contributed by atoms with Gasteiger partial charge in [0.25, 0.3) is 0 Å². The summed E-state index contributed by atoms with van der Waals surface area (Å²) in [6.07, 6.45) is 4.37. The number of methoxy groups -OCH3 is 1. The first-order valence-corrected chi connectivity index (χ1v) is 9.25. The lowest BCUT2D eigenvalue weighted by atomic mass is 9.99. The lowest BCUT2D eigenvalue weighted by Gasteiger charge is -2.24. The van der Waals surface area contributed by atoms with Crippen LogP contribution in [0, 0.1) is 19.8 Å². The molecule has 0 spiro atoms. The van der Waals surface area contributed by atoms with E-state index in [1.54, 1.807) is 13.0 Å². The number of aryl methyl sites for hydroxylation is 2. The third kappa shape index (κ3) is 4.59. The van der Waals surface area contributed by atoms with Crippen molar-refractivity contribution in [2.75, 3.05) is 13.7 Å². The molecule has 1 aromatic carbocycles. The van der Waals surface area contributed by atoms with E-state index in [0.717, 1.165) is 31.2 Å². The quantitative estimate of drug-likeness (QED) is 0.814. The average Bonchev–Trinajstić information content (AvgIpc) is 2.97. The molecule has 0 aliphatic heterocycles. The zero-order valence-corrected chi connectivity index (χ0v) is 15.6. The van der Waals surface area contributed by atoms with Crippen LogP contribution in [0.2, 0.25) is 0 Å². The van der Waals surface area contributed by atoms with Gasteiger partial charge in [0.1, 0.15) is 10.6 Å². The van der Waals surface area contributed by atoms with E-state index in [1.807, 2.05) is 13.0 Å². The first kappa shape index (κ1) is 20.2. The van der Waals surface area contributed by atoms with Gasteiger partial charge in [-0.15, -0.1) is 12.4 Å². The summed E-state index contributed by atoms with van der Waals surface area (Å²) >= 11 is 0. The highest BCUT2D eigenvalue weighted by Crippen LogP contribution is 2.31. The Kier molecular flexibility index (Phi) is 7.32. The molecule has 1 atom stereocenters. The molecule has 1 aromatic rings. The predicted octanol–water partition coefficient (Wildman–Crippen LogP) is 2.53. The molecule has 7 heteroatoms. The van der Waals surface area contributed by atoms with Crippen molar-refractivity contribution in [3.63, 3.8) is 0 Å². The molecule has 0 amide bonds. The first-order valence-electron chi connectivity index (χ1n) is 7.76. The number of nitrogens with one attached hydrogen (secondary N) is 1. The molecule has 1 saturated carbocycles. The van der Waals surface area contributed by atoms with Gasteiger partial charge in [0, 0.05) is 12.6 Å². The van der Waals surface area contributed by atoms with Crippen LogP contribution in [0.5, 0.6) is 5.75 Å². The van der Waals surface area contributed by atoms with Crippen LogP contribution in [0.1, 0.15) is 36.8 Å². The SMILES string of the molecule is COc1cc(C)cc(C)c1S(=O)(=O)NC(CN)C1CCCC1.Cl. The number of sulfonamides is 1. The molecule has 3 N–H and O–H groups in total. The molecule has 0 heterocycles. The Labute approximate surface area is 145 Å². The number of nitrogens with two attached hydrogens (primary N) is 1. The fourth-order valence-electron chi connectivity index (χ4n) is 3.37. The number of ether oxygens (including phenoxy) is 1. The minimum Gasteiger partial charge on any atom is -0.495 e. The second kappa shape index (κ2) is 8.33. The minimum absolute atomic E-state index is 0. The molecule has 0 aromatic heterocycles. The molecule has 1 aliphatic rings. The fourth-order valence-corrected chi connectivity index (χ4v) is 5.06. The van der Waals surface area contributed by atoms with E-state index >= 15 is 0 Å². The van der Waals surface area contributed by atoms with Gasteiger partial charge in [0.05, 0.1) is 7.11 Å². The van der Waals surface area contributed by atoms with Crippen molar-refractivity contribution >= 4 is 22.4 Å². The van der Waals surface area contributed by atoms with E-state index < -0.39 is 10.0 Å².